The second kappa shape index (κ2) is 11.0. The fraction of sp³-hybridized carbons (Fsp3) is 0.367. The van der Waals surface area contributed by atoms with Gasteiger partial charge in [0.25, 0.3) is 0 Å². The Kier molecular flexibility index (Phi) is 8.23. The number of aliphatic hydroxyl groups excluding tert-OH is 1. The van der Waals surface area contributed by atoms with E-state index in [9.17, 15) is 15.0 Å². The van der Waals surface area contributed by atoms with Crippen molar-refractivity contribution in [2.24, 2.45) is 0 Å². The van der Waals surface area contributed by atoms with Crippen LogP contribution in [0.15, 0.2) is 60.7 Å². The highest BCUT2D eigenvalue weighted by Gasteiger charge is 2.23. The molecule has 0 aromatic heterocycles. The molecule has 0 spiro atoms. The quantitative estimate of drug-likeness (QED) is 0.364. The van der Waals surface area contributed by atoms with Crippen LogP contribution in [0.25, 0.3) is 22.3 Å². The Hall–Kier alpha value is -3.31. The molecule has 186 valence electrons. The van der Waals surface area contributed by atoms with Crippen LogP contribution < -0.4 is 9.64 Å². The summed E-state index contributed by atoms with van der Waals surface area (Å²) in [6.45, 7) is 14.4. The molecule has 0 atom stereocenters. The Morgan fingerprint density at radius 3 is 2.11 bits per heavy atom. The number of carboxylic acids is 1. The first-order valence-electron chi connectivity index (χ1n) is 12.2. The number of aromatic carboxylic acids is 1. The molecule has 5 nitrogen and oxygen atoms in total. The van der Waals surface area contributed by atoms with E-state index in [1.165, 1.54) is 11.3 Å². The summed E-state index contributed by atoms with van der Waals surface area (Å²) < 4.78 is 5.91. The summed E-state index contributed by atoms with van der Waals surface area (Å²) in [6.07, 6.45) is 0. The molecule has 0 aliphatic rings. The van der Waals surface area contributed by atoms with Crippen molar-refractivity contribution in [3.8, 4) is 28.0 Å². The highest BCUT2D eigenvalue weighted by Crippen LogP contribution is 2.40. The van der Waals surface area contributed by atoms with Gasteiger partial charge >= 0.3 is 5.97 Å². The van der Waals surface area contributed by atoms with E-state index in [1.807, 2.05) is 24.3 Å². The summed E-state index contributed by atoms with van der Waals surface area (Å²) in [6, 6.07) is 19.8. The van der Waals surface area contributed by atoms with Crippen molar-refractivity contribution in [2.75, 3.05) is 24.7 Å². The molecular weight excluding hydrogens is 438 g/mol. The van der Waals surface area contributed by atoms with Gasteiger partial charge in [0.15, 0.2) is 0 Å². The average molecular weight is 476 g/mol. The Labute approximate surface area is 209 Å². The van der Waals surface area contributed by atoms with Gasteiger partial charge in [-0.05, 0) is 84.8 Å². The van der Waals surface area contributed by atoms with Crippen molar-refractivity contribution in [3.05, 3.63) is 71.8 Å². The van der Waals surface area contributed by atoms with Gasteiger partial charge in [-0.25, -0.2) is 4.79 Å². The van der Waals surface area contributed by atoms with Crippen molar-refractivity contribution in [2.45, 2.75) is 53.0 Å². The van der Waals surface area contributed by atoms with Crippen LogP contribution in [0.1, 0.15) is 57.5 Å². The van der Waals surface area contributed by atoms with Crippen molar-refractivity contribution in [3.63, 3.8) is 0 Å². The molecule has 0 aliphatic heterocycles. The van der Waals surface area contributed by atoms with Crippen molar-refractivity contribution >= 4 is 11.7 Å². The lowest BCUT2D eigenvalue weighted by Crippen LogP contribution is -2.32. The summed E-state index contributed by atoms with van der Waals surface area (Å²) in [5.41, 5.74) is 6.55. The molecule has 2 N–H and O–H groups in total. The molecular formula is C30H37NO4. The Morgan fingerprint density at radius 1 is 0.943 bits per heavy atom. The largest absolute Gasteiger partial charge is 0.491 e. The first-order chi connectivity index (χ1) is 16.6. The molecule has 0 fully saturated rings. The van der Waals surface area contributed by atoms with Crippen LogP contribution in [-0.2, 0) is 5.41 Å². The van der Waals surface area contributed by atoms with Gasteiger partial charge in [-0.3, -0.25) is 0 Å². The summed E-state index contributed by atoms with van der Waals surface area (Å²) in [5.74, 6) is -0.240. The number of carbonyl (C=O) groups is 1. The van der Waals surface area contributed by atoms with E-state index in [0.717, 1.165) is 28.8 Å². The number of aliphatic hydroxyl groups is 1. The van der Waals surface area contributed by atoms with Gasteiger partial charge < -0.3 is 19.8 Å². The third-order valence-electron chi connectivity index (χ3n) is 6.18. The minimum atomic E-state index is -0.942. The summed E-state index contributed by atoms with van der Waals surface area (Å²) >= 11 is 0. The van der Waals surface area contributed by atoms with Crippen LogP contribution in [0.3, 0.4) is 0 Å². The first kappa shape index (κ1) is 26.3. The number of hydrogen-bond acceptors (Lipinski definition) is 4. The molecule has 0 heterocycles. The molecule has 0 saturated heterocycles. The molecule has 0 amide bonds. The molecule has 0 saturated carbocycles. The highest BCUT2D eigenvalue weighted by molar-refractivity contribution is 5.88. The maximum atomic E-state index is 11.2. The third-order valence-corrected chi connectivity index (χ3v) is 6.18. The number of rotatable bonds is 9. The van der Waals surface area contributed by atoms with Crippen LogP contribution in [0, 0.1) is 0 Å². The number of carboxylic acid groups (broad SMARTS) is 1. The molecule has 35 heavy (non-hydrogen) atoms. The Morgan fingerprint density at radius 2 is 1.57 bits per heavy atom. The predicted octanol–water partition coefficient (Wildman–Crippen LogP) is 6.62. The molecule has 3 aromatic carbocycles. The molecule has 3 aromatic rings. The number of ether oxygens (including phenoxy) is 1. The summed E-state index contributed by atoms with van der Waals surface area (Å²) in [7, 11) is 0. The Bertz CT molecular complexity index is 1160. The summed E-state index contributed by atoms with van der Waals surface area (Å²) in [5, 5.41) is 18.6. The first-order valence-corrected chi connectivity index (χ1v) is 12.2. The maximum Gasteiger partial charge on any atom is 0.335 e. The number of anilines is 1. The van der Waals surface area contributed by atoms with E-state index in [-0.39, 0.29) is 24.2 Å². The van der Waals surface area contributed by atoms with Gasteiger partial charge in [0.2, 0.25) is 0 Å². The van der Waals surface area contributed by atoms with E-state index in [1.54, 1.807) is 12.1 Å². The second-order valence-corrected chi connectivity index (χ2v) is 10.0. The minimum absolute atomic E-state index is 0.0654. The van der Waals surface area contributed by atoms with Crippen LogP contribution in [0.5, 0.6) is 5.75 Å². The van der Waals surface area contributed by atoms with Crippen LogP contribution >= 0.6 is 0 Å². The topological polar surface area (TPSA) is 70.0 Å². The lowest BCUT2D eigenvalue weighted by atomic mass is 9.83. The van der Waals surface area contributed by atoms with E-state index in [2.05, 4.69) is 70.7 Å². The van der Waals surface area contributed by atoms with Gasteiger partial charge in [0.1, 0.15) is 12.4 Å². The lowest BCUT2D eigenvalue weighted by Gasteiger charge is -2.34. The van der Waals surface area contributed by atoms with Crippen molar-refractivity contribution in [1.29, 1.82) is 0 Å². The van der Waals surface area contributed by atoms with Gasteiger partial charge in [0.05, 0.1) is 12.2 Å². The van der Waals surface area contributed by atoms with Crippen molar-refractivity contribution in [1.82, 2.24) is 0 Å². The van der Waals surface area contributed by atoms with Gasteiger partial charge in [-0.1, -0.05) is 45.0 Å². The third kappa shape index (κ3) is 6.04. The zero-order valence-electron chi connectivity index (χ0n) is 21.6. The van der Waals surface area contributed by atoms with Gasteiger partial charge in [-0.15, -0.1) is 0 Å². The minimum Gasteiger partial charge on any atom is -0.491 e. The fourth-order valence-electron chi connectivity index (χ4n) is 4.39. The molecule has 5 heteroatoms. The maximum absolute atomic E-state index is 11.2. The second-order valence-electron chi connectivity index (χ2n) is 10.0. The Balaban J connectivity index is 2.17. The standard InChI is InChI=1S/C30H37NO4/c1-7-31(20(2)3)27-14-12-24(19-26(27)30(4,5)6)25-18-23(13-15-28(25)35-17-16-32)21-8-10-22(11-9-21)29(33)34/h8-15,18-20,32H,7,16-17H2,1-6H3,(H,33,34). The van der Waals surface area contributed by atoms with Gasteiger partial charge in [0, 0.05) is 23.8 Å². The molecule has 0 radical (unpaired) electrons. The molecule has 3 rings (SSSR count). The van der Waals surface area contributed by atoms with Crippen LogP contribution in [0.4, 0.5) is 5.69 Å². The fourth-order valence-corrected chi connectivity index (χ4v) is 4.39. The smallest absolute Gasteiger partial charge is 0.335 e. The monoisotopic (exact) mass is 475 g/mol. The van der Waals surface area contributed by atoms with E-state index < -0.39 is 5.97 Å². The molecule has 0 bridgehead atoms. The van der Waals surface area contributed by atoms with Crippen LogP contribution in [-0.4, -0.2) is 42.0 Å². The zero-order valence-corrected chi connectivity index (χ0v) is 21.6. The molecule has 0 aliphatic carbocycles. The van der Waals surface area contributed by atoms with E-state index in [0.29, 0.717) is 11.8 Å². The van der Waals surface area contributed by atoms with Gasteiger partial charge in [-0.2, -0.15) is 0 Å². The molecule has 0 unspecified atom stereocenters. The van der Waals surface area contributed by atoms with Crippen molar-refractivity contribution < 1.29 is 19.7 Å². The lowest BCUT2D eigenvalue weighted by molar-refractivity contribution is 0.0697. The average Bonchev–Trinajstić information content (AvgIpc) is 2.82. The predicted molar refractivity (Wildman–Crippen MR) is 144 cm³/mol. The van der Waals surface area contributed by atoms with E-state index in [4.69, 9.17) is 4.74 Å². The summed E-state index contributed by atoms with van der Waals surface area (Å²) in [4.78, 5) is 13.7. The number of nitrogens with zero attached hydrogens (tertiary/aromatic N) is 1. The number of hydrogen-bond donors (Lipinski definition) is 2. The number of benzene rings is 3. The van der Waals surface area contributed by atoms with E-state index >= 15 is 0 Å². The normalized spacial score (nSPS) is 11.5. The van der Waals surface area contributed by atoms with Crippen LogP contribution in [0.2, 0.25) is 0 Å². The SMILES string of the molecule is CCN(c1ccc(-c2cc(-c3ccc(C(=O)O)cc3)ccc2OCCO)cc1C(C)(C)C)C(C)C. The highest BCUT2D eigenvalue weighted by atomic mass is 16.5. The zero-order chi connectivity index (χ0) is 25.8.